The minimum Gasteiger partial charge on any atom is -0.662 e. The van der Waals surface area contributed by atoms with Crippen LogP contribution in [-0.4, -0.2) is 32.5 Å². The predicted molar refractivity (Wildman–Crippen MR) is 74.7 cm³/mol. The van der Waals surface area contributed by atoms with Crippen LogP contribution in [0.15, 0.2) is 0 Å². The maximum absolute atomic E-state index is 8.68. The number of hydrogen-bond donors (Lipinski definition) is 1. The summed E-state index contributed by atoms with van der Waals surface area (Å²) in [6.45, 7) is 5.76. The summed E-state index contributed by atoms with van der Waals surface area (Å²) in [6.07, 6.45) is 3.94. The minimum absolute atomic E-state index is 0. The molecule has 0 atom stereocenters. The Morgan fingerprint density at radius 2 is 1.38 bits per heavy atom. The predicted octanol–water partition coefficient (Wildman–Crippen LogP) is 2.57. The summed E-state index contributed by atoms with van der Waals surface area (Å²) in [5.74, 6) is 0. The van der Waals surface area contributed by atoms with Crippen LogP contribution in [0.25, 0.3) is 5.32 Å². The molecule has 7 heteroatoms. The largest absolute Gasteiger partial charge is 3.00 e. The van der Waals surface area contributed by atoms with Crippen LogP contribution in [0.1, 0.15) is 19.8 Å². The molecule has 99 valence electrons. The Kier molecular flexibility index (Phi) is 80.9. The average Bonchev–Trinajstić information content (AvgIpc) is 1.86. The van der Waals surface area contributed by atoms with Gasteiger partial charge in [-0.15, -0.1) is 50.3 Å². The quantitative estimate of drug-likeness (QED) is 0.549. The summed E-state index contributed by atoms with van der Waals surface area (Å²) in [6, 6.07) is 0. The molecule has 1 saturated heterocycles. The van der Waals surface area contributed by atoms with Crippen molar-refractivity contribution in [1.29, 1.82) is 0 Å². The molecule has 1 heterocycles. The van der Waals surface area contributed by atoms with Crippen molar-refractivity contribution >= 4 is 43.5 Å². The van der Waals surface area contributed by atoms with Gasteiger partial charge in [0.15, 0.2) is 0 Å². The Bertz CT molecular complexity index is 78.8. The van der Waals surface area contributed by atoms with E-state index in [4.69, 9.17) is 4.79 Å². The van der Waals surface area contributed by atoms with E-state index < -0.39 is 0 Å². The molecule has 16 heavy (non-hydrogen) atoms. The fourth-order valence-electron chi connectivity index (χ4n) is 0.869. The van der Waals surface area contributed by atoms with Gasteiger partial charge in [0.2, 0.25) is 0 Å². The second-order valence-corrected chi connectivity index (χ2v) is 2.33. The third-order valence-corrected chi connectivity index (χ3v) is 1.34. The fraction of sp³-hybridized carbons (Fsp3) is 0.778. The Morgan fingerprint density at radius 1 is 1.06 bits per heavy atom. The minimum atomic E-state index is 0. The summed E-state index contributed by atoms with van der Waals surface area (Å²) < 4.78 is 0. The van der Waals surface area contributed by atoms with Crippen LogP contribution >= 0.6 is 37.2 Å². The van der Waals surface area contributed by atoms with Crippen molar-refractivity contribution in [3.63, 3.8) is 0 Å². The molecule has 0 bridgehead atoms. The van der Waals surface area contributed by atoms with Gasteiger partial charge in [0.05, 0.1) is 0 Å². The molecule has 1 aliphatic rings. The number of rotatable bonds is 0. The molecule has 0 amide bonds. The number of nitrogens with one attached hydrogen (secondary N) is 1. The zero-order valence-electron chi connectivity index (χ0n) is 9.82. The molecule has 1 rings (SSSR count). The van der Waals surface area contributed by atoms with E-state index in [0.29, 0.717) is 0 Å². The van der Waals surface area contributed by atoms with Gasteiger partial charge < -0.3 is 22.9 Å². The molecule has 1 aliphatic heterocycles. The number of hydrogen-bond acceptors (Lipinski definition) is 2. The van der Waals surface area contributed by atoms with E-state index in [1.54, 1.807) is 0 Å². The van der Waals surface area contributed by atoms with Crippen molar-refractivity contribution in [2.24, 2.45) is 0 Å². The van der Waals surface area contributed by atoms with Crippen molar-refractivity contribution in [3.8, 4) is 0 Å². The van der Waals surface area contributed by atoms with E-state index in [-0.39, 0.29) is 66.4 Å². The van der Waals surface area contributed by atoms with Gasteiger partial charge in [-0.2, -0.15) is 6.92 Å². The van der Waals surface area contributed by atoms with Gasteiger partial charge in [-0.1, -0.05) is 12.8 Å². The second kappa shape index (κ2) is 36.0. The number of carbonyl (C=O) groups excluding carboxylic acids is 1. The van der Waals surface area contributed by atoms with Gasteiger partial charge in [-0.05, 0) is 13.1 Å². The first-order valence-electron chi connectivity index (χ1n) is 4.04. The first kappa shape index (κ1) is 36.0. The molecule has 1 N–H and O–H groups in total. The van der Waals surface area contributed by atoms with Crippen LogP contribution < -0.4 is 5.32 Å². The van der Waals surface area contributed by atoms with E-state index >= 15 is 0 Å². The molecule has 0 aromatic heterocycles. The smallest absolute Gasteiger partial charge is 0.662 e. The van der Waals surface area contributed by atoms with Crippen molar-refractivity contribution < 1.29 is 26.5 Å². The van der Waals surface area contributed by atoms with Crippen LogP contribution in [0.4, 0.5) is 0 Å². The molecule has 0 unspecified atom stereocenters. The van der Waals surface area contributed by atoms with Crippen molar-refractivity contribution in [3.05, 3.63) is 12.7 Å². The Labute approximate surface area is 133 Å². The van der Waals surface area contributed by atoms with Gasteiger partial charge in [-0.25, -0.2) is 0 Å². The second-order valence-electron chi connectivity index (χ2n) is 2.33. The molecule has 0 saturated carbocycles. The Hall–Kier alpha value is 1.17. The van der Waals surface area contributed by atoms with Gasteiger partial charge in [-0.3, -0.25) is 6.29 Å². The summed E-state index contributed by atoms with van der Waals surface area (Å²) in [4.78, 5) is 8.68. The van der Waals surface area contributed by atoms with Crippen molar-refractivity contribution in [2.45, 2.75) is 19.8 Å². The average molecular weight is 329 g/mol. The van der Waals surface area contributed by atoms with Crippen molar-refractivity contribution in [2.75, 3.05) is 26.2 Å². The normalized spacial score (nSPS) is 12.8. The molecule has 3 nitrogen and oxygen atoms in total. The van der Waals surface area contributed by atoms with Crippen LogP contribution in [-0.2, 0) is 26.5 Å². The summed E-state index contributed by atoms with van der Waals surface area (Å²) in [5, 5.41) is 7.62. The topological polar surface area (TPSA) is 43.2 Å². The molecular weight excluding hydrogens is 306 g/mol. The Balaban J connectivity index is -0.0000000288. The van der Waals surface area contributed by atoms with E-state index in [9.17, 15) is 0 Å². The molecule has 1 radical (unpaired) electrons. The SMILES string of the molecule is C1C[N-]CCCNC1.C[C-]=O.Cl.Cl.Cl.[CH3-].[Ti+3]. The molecular formula is C9H22Cl3N2OTi. The van der Waals surface area contributed by atoms with Crippen LogP contribution in [0.2, 0.25) is 0 Å². The van der Waals surface area contributed by atoms with E-state index in [1.165, 1.54) is 26.1 Å². The first-order chi connectivity index (χ1) is 5.41. The van der Waals surface area contributed by atoms with Crippen LogP contribution in [0.5, 0.6) is 0 Å². The standard InChI is InChI=1S/C6H13N2.C2H3O.CH3.3ClH.Ti/c1-3-7-5-2-6-8-4-1;1-2-3;;;;;/h7H,1-6H2;1H3;1H3;3*1H;/q3*-1;;;;+3. The zero-order chi connectivity index (χ0) is 8.36. The molecule has 0 aliphatic carbocycles. The molecule has 0 aromatic carbocycles. The van der Waals surface area contributed by atoms with E-state index in [2.05, 4.69) is 10.6 Å². The molecule has 0 spiro atoms. The zero-order valence-corrected chi connectivity index (χ0v) is 13.8. The van der Waals surface area contributed by atoms with E-state index in [1.807, 2.05) is 0 Å². The molecule has 0 aromatic rings. The van der Waals surface area contributed by atoms with Gasteiger partial charge in [0.1, 0.15) is 0 Å². The number of nitrogens with zero attached hydrogens (tertiary/aromatic N) is 1. The Morgan fingerprint density at radius 3 is 1.69 bits per heavy atom. The maximum atomic E-state index is 8.68. The van der Waals surface area contributed by atoms with E-state index in [0.717, 1.165) is 26.2 Å². The summed E-state index contributed by atoms with van der Waals surface area (Å²) in [5.41, 5.74) is 0. The summed E-state index contributed by atoms with van der Waals surface area (Å²) in [7, 11) is 0. The molecule has 1 fully saturated rings. The van der Waals surface area contributed by atoms with Gasteiger partial charge in [0.25, 0.3) is 0 Å². The van der Waals surface area contributed by atoms with Crippen LogP contribution in [0.3, 0.4) is 0 Å². The monoisotopic (exact) mass is 327 g/mol. The van der Waals surface area contributed by atoms with Gasteiger partial charge >= 0.3 is 21.7 Å². The maximum Gasteiger partial charge on any atom is 3.00 e. The van der Waals surface area contributed by atoms with Crippen molar-refractivity contribution in [1.82, 2.24) is 5.32 Å². The first-order valence-corrected chi connectivity index (χ1v) is 4.04. The third kappa shape index (κ3) is 36.2. The fourth-order valence-corrected chi connectivity index (χ4v) is 0.869. The van der Waals surface area contributed by atoms with Crippen LogP contribution in [0, 0.1) is 7.43 Å². The third-order valence-electron chi connectivity index (χ3n) is 1.34. The summed E-state index contributed by atoms with van der Waals surface area (Å²) >= 11 is 0. The number of halogens is 3. The van der Waals surface area contributed by atoms with Gasteiger partial charge in [0, 0.05) is 0 Å².